The van der Waals surface area contributed by atoms with Crippen LogP contribution in [0.1, 0.15) is 59.1 Å². The summed E-state index contributed by atoms with van der Waals surface area (Å²) in [6, 6.07) is 8.05. The number of phenolic OH excluding ortho intramolecular Hbond substituents is 1. The smallest absolute Gasteiger partial charge is 0.340 e. The lowest BCUT2D eigenvalue weighted by atomic mass is 9.89. The molecule has 0 aliphatic carbocycles. The molecule has 1 aliphatic heterocycles. The van der Waals surface area contributed by atoms with Crippen molar-refractivity contribution in [2.75, 3.05) is 20.8 Å². The van der Waals surface area contributed by atoms with E-state index in [1.807, 2.05) is 45.0 Å². The topological polar surface area (TPSA) is 69.9 Å². The Morgan fingerprint density at radius 2 is 1.65 bits per heavy atom. The molecule has 34 heavy (non-hydrogen) atoms. The summed E-state index contributed by atoms with van der Waals surface area (Å²) >= 11 is 0. The molecule has 4 rings (SSSR count). The highest BCUT2D eigenvalue weighted by molar-refractivity contribution is 6.05. The zero-order chi connectivity index (χ0) is 24.7. The first-order chi connectivity index (χ1) is 16.3. The van der Waals surface area contributed by atoms with Crippen molar-refractivity contribution in [3.8, 4) is 39.6 Å². The Balaban J connectivity index is 2.12. The number of ether oxygens (including phenoxy) is 3. The lowest BCUT2D eigenvalue weighted by Crippen LogP contribution is -2.20. The fourth-order valence-corrected chi connectivity index (χ4v) is 5.27. The first-order valence-electron chi connectivity index (χ1n) is 11.7. The van der Waals surface area contributed by atoms with Crippen LogP contribution in [0.25, 0.3) is 22.4 Å². The summed E-state index contributed by atoms with van der Waals surface area (Å²) in [5, 5.41) is 10.4. The lowest BCUT2D eigenvalue weighted by Gasteiger charge is -2.30. The molecule has 2 heterocycles. The van der Waals surface area contributed by atoms with Crippen molar-refractivity contribution in [2.45, 2.75) is 53.5 Å². The van der Waals surface area contributed by atoms with Gasteiger partial charge >= 0.3 is 5.97 Å². The van der Waals surface area contributed by atoms with Crippen LogP contribution < -0.4 is 9.47 Å². The molecule has 0 fully saturated rings. The molecule has 1 atom stereocenters. The zero-order valence-electron chi connectivity index (χ0n) is 21.0. The van der Waals surface area contributed by atoms with Gasteiger partial charge in [0.25, 0.3) is 0 Å². The average molecular weight is 464 g/mol. The Morgan fingerprint density at radius 3 is 2.21 bits per heavy atom. The number of methoxy groups -OCH3 is 2. The van der Waals surface area contributed by atoms with Crippen LogP contribution in [0.15, 0.2) is 24.3 Å². The third kappa shape index (κ3) is 3.61. The molecule has 6 nitrogen and oxygen atoms in total. The molecule has 1 unspecified atom stereocenters. The first kappa shape index (κ1) is 23.7. The molecular weight excluding hydrogens is 430 g/mol. The highest BCUT2D eigenvalue weighted by Crippen LogP contribution is 2.49. The third-order valence-electron chi connectivity index (χ3n) is 6.87. The van der Waals surface area contributed by atoms with Gasteiger partial charge in [0.1, 0.15) is 5.75 Å². The average Bonchev–Trinajstić information content (AvgIpc) is 3.14. The largest absolute Gasteiger partial charge is 0.507 e. The number of benzene rings is 2. The van der Waals surface area contributed by atoms with E-state index in [2.05, 4.69) is 18.4 Å². The minimum Gasteiger partial charge on any atom is -0.507 e. The van der Waals surface area contributed by atoms with Crippen LogP contribution in [0, 0.1) is 20.8 Å². The van der Waals surface area contributed by atoms with Gasteiger partial charge in [0, 0.05) is 22.9 Å². The van der Waals surface area contributed by atoms with Crippen LogP contribution in [0.5, 0.6) is 17.2 Å². The molecule has 0 spiro atoms. The molecule has 0 bridgehead atoms. The Bertz CT molecular complexity index is 1250. The van der Waals surface area contributed by atoms with Crippen molar-refractivity contribution in [1.82, 2.24) is 4.57 Å². The number of nitrogens with zero attached hydrogens (tertiary/aromatic N) is 1. The third-order valence-corrected chi connectivity index (χ3v) is 6.87. The SMILES string of the molecule is CCOC(=O)c1c(-c2cc(C)c(O)c(C)c2)c(C)n2c1-c1cc(OC)c(OC)cc1CC2CC. The maximum Gasteiger partial charge on any atom is 0.340 e. The van der Waals surface area contributed by atoms with Gasteiger partial charge in [0.15, 0.2) is 11.5 Å². The number of fused-ring (bicyclic) bond motifs is 3. The lowest BCUT2D eigenvalue weighted by molar-refractivity contribution is 0.0528. The number of carbonyl (C=O) groups excluding carboxylic acids is 1. The Labute approximate surface area is 201 Å². The Kier molecular flexibility index (Phi) is 6.34. The van der Waals surface area contributed by atoms with Crippen LogP contribution in [-0.2, 0) is 11.2 Å². The Morgan fingerprint density at radius 1 is 1.03 bits per heavy atom. The van der Waals surface area contributed by atoms with E-state index in [9.17, 15) is 9.90 Å². The van der Waals surface area contributed by atoms with Gasteiger partial charge in [-0.15, -0.1) is 0 Å². The highest BCUT2D eigenvalue weighted by Gasteiger charge is 2.35. The summed E-state index contributed by atoms with van der Waals surface area (Å²) in [4.78, 5) is 13.5. The number of aromatic nitrogens is 1. The van der Waals surface area contributed by atoms with Crippen LogP contribution >= 0.6 is 0 Å². The molecule has 1 aliphatic rings. The molecule has 180 valence electrons. The second kappa shape index (κ2) is 9.09. The van der Waals surface area contributed by atoms with Crippen molar-refractivity contribution in [1.29, 1.82) is 0 Å². The molecule has 0 amide bonds. The van der Waals surface area contributed by atoms with Crippen molar-refractivity contribution in [3.05, 3.63) is 52.2 Å². The van der Waals surface area contributed by atoms with E-state index in [1.54, 1.807) is 14.2 Å². The summed E-state index contributed by atoms with van der Waals surface area (Å²) in [6.07, 6.45) is 1.73. The van der Waals surface area contributed by atoms with Crippen molar-refractivity contribution >= 4 is 5.97 Å². The van der Waals surface area contributed by atoms with Crippen LogP contribution in [0.2, 0.25) is 0 Å². The Hall–Kier alpha value is -3.41. The predicted molar refractivity (Wildman–Crippen MR) is 133 cm³/mol. The van der Waals surface area contributed by atoms with E-state index in [-0.39, 0.29) is 24.4 Å². The maximum atomic E-state index is 13.5. The standard InChI is InChI=1S/C28H33NO5/c1-8-20-12-18-13-22(32-6)23(33-7)14-21(18)26-25(28(31)34-9-2)24(17(5)29(20)26)19-10-15(3)27(30)16(4)11-19/h10-11,13-14,20,30H,8-9,12H2,1-7H3. The molecule has 6 heteroatoms. The van der Waals surface area contributed by atoms with Gasteiger partial charge < -0.3 is 23.9 Å². The number of hydrogen-bond donors (Lipinski definition) is 1. The quantitative estimate of drug-likeness (QED) is 0.444. The van der Waals surface area contributed by atoms with Crippen LogP contribution in [-0.4, -0.2) is 36.5 Å². The fraction of sp³-hybridized carbons (Fsp3) is 0.393. The normalized spacial score (nSPS) is 14.4. The van der Waals surface area contributed by atoms with E-state index in [4.69, 9.17) is 14.2 Å². The number of carbonyl (C=O) groups is 1. The van der Waals surface area contributed by atoms with Crippen molar-refractivity contribution in [3.63, 3.8) is 0 Å². The summed E-state index contributed by atoms with van der Waals surface area (Å²) in [6.45, 7) is 10.1. The van der Waals surface area contributed by atoms with Gasteiger partial charge in [0.2, 0.25) is 0 Å². The number of hydrogen-bond acceptors (Lipinski definition) is 5. The molecule has 0 saturated carbocycles. The summed E-state index contributed by atoms with van der Waals surface area (Å²) in [7, 11) is 3.25. The molecule has 3 aromatic rings. The van der Waals surface area contributed by atoms with Crippen molar-refractivity contribution in [2.24, 2.45) is 0 Å². The predicted octanol–water partition coefficient (Wildman–Crippen LogP) is 6.15. The van der Waals surface area contributed by atoms with Crippen molar-refractivity contribution < 1.29 is 24.1 Å². The van der Waals surface area contributed by atoms with Gasteiger partial charge in [-0.25, -0.2) is 4.79 Å². The summed E-state index contributed by atoms with van der Waals surface area (Å²) in [5.74, 6) is 1.22. The number of aryl methyl sites for hydroxylation is 2. The summed E-state index contributed by atoms with van der Waals surface area (Å²) < 4.78 is 19.0. The number of phenols is 1. The second-order valence-electron chi connectivity index (χ2n) is 8.86. The highest BCUT2D eigenvalue weighted by atomic mass is 16.5. The molecule has 1 aromatic heterocycles. The molecule has 2 aromatic carbocycles. The number of rotatable bonds is 6. The molecule has 0 radical (unpaired) electrons. The van der Waals surface area contributed by atoms with E-state index < -0.39 is 0 Å². The van der Waals surface area contributed by atoms with E-state index in [1.165, 1.54) is 0 Å². The van der Waals surface area contributed by atoms with Crippen LogP contribution in [0.4, 0.5) is 0 Å². The minimum absolute atomic E-state index is 0.182. The van der Waals surface area contributed by atoms with Gasteiger partial charge in [-0.3, -0.25) is 0 Å². The van der Waals surface area contributed by atoms with Gasteiger partial charge in [-0.2, -0.15) is 0 Å². The van der Waals surface area contributed by atoms with E-state index in [0.717, 1.165) is 57.6 Å². The number of aromatic hydroxyl groups is 1. The van der Waals surface area contributed by atoms with E-state index in [0.29, 0.717) is 17.1 Å². The fourth-order valence-electron chi connectivity index (χ4n) is 5.27. The maximum absolute atomic E-state index is 13.5. The van der Waals surface area contributed by atoms with E-state index >= 15 is 0 Å². The first-order valence-corrected chi connectivity index (χ1v) is 11.7. The molecule has 0 saturated heterocycles. The van der Waals surface area contributed by atoms with Gasteiger partial charge in [-0.1, -0.05) is 6.92 Å². The number of esters is 1. The molecule has 1 N–H and O–H groups in total. The molecular formula is C28H33NO5. The van der Waals surface area contributed by atoms with Gasteiger partial charge in [0.05, 0.1) is 32.1 Å². The minimum atomic E-state index is -0.352. The second-order valence-corrected chi connectivity index (χ2v) is 8.86. The summed E-state index contributed by atoms with van der Waals surface area (Å²) in [5.41, 5.74) is 7.76. The van der Waals surface area contributed by atoms with Gasteiger partial charge in [-0.05, 0) is 87.1 Å². The zero-order valence-corrected chi connectivity index (χ0v) is 21.0. The monoisotopic (exact) mass is 463 g/mol. The van der Waals surface area contributed by atoms with Crippen LogP contribution in [0.3, 0.4) is 0 Å².